The predicted octanol–water partition coefficient (Wildman–Crippen LogP) is 3.22. The number of nitrogens with zero attached hydrogens (tertiary/aromatic N) is 1. The second-order valence-corrected chi connectivity index (χ2v) is 8.49. The highest BCUT2D eigenvalue weighted by Crippen LogP contribution is 2.27. The topological polar surface area (TPSA) is 63.4 Å². The Hall–Kier alpha value is -1.85. The Balaban J connectivity index is 1.66. The smallest absolute Gasteiger partial charge is 0.243 e. The first-order valence-electron chi connectivity index (χ1n) is 8.37. The van der Waals surface area contributed by atoms with Gasteiger partial charge < -0.3 is 5.73 Å². The maximum Gasteiger partial charge on any atom is 0.243 e. The Kier molecular flexibility index (Phi) is 4.92. The summed E-state index contributed by atoms with van der Waals surface area (Å²) in [6, 6.07) is 15.4. The normalized spacial score (nSPS) is 17.0. The average Bonchev–Trinajstić information content (AvgIpc) is 2.58. The zero-order valence-electron chi connectivity index (χ0n) is 14.0. The lowest BCUT2D eigenvalue weighted by Crippen LogP contribution is -2.38. The number of benzene rings is 2. The van der Waals surface area contributed by atoms with Crippen molar-refractivity contribution in [1.29, 1.82) is 0 Å². The van der Waals surface area contributed by atoms with Gasteiger partial charge in [-0.05, 0) is 61.4 Å². The van der Waals surface area contributed by atoms with Crippen molar-refractivity contribution in [2.45, 2.75) is 31.1 Å². The molecule has 1 fully saturated rings. The molecular weight excluding hydrogens is 320 g/mol. The van der Waals surface area contributed by atoms with E-state index in [9.17, 15) is 8.42 Å². The van der Waals surface area contributed by atoms with Crippen LogP contribution in [-0.4, -0.2) is 25.8 Å². The van der Waals surface area contributed by atoms with Crippen LogP contribution in [0, 0.1) is 12.8 Å². The van der Waals surface area contributed by atoms with Crippen LogP contribution in [0.15, 0.2) is 53.4 Å². The van der Waals surface area contributed by atoms with Crippen molar-refractivity contribution in [3.8, 4) is 0 Å². The second kappa shape index (κ2) is 6.95. The quantitative estimate of drug-likeness (QED) is 0.866. The van der Waals surface area contributed by atoms with E-state index in [0.717, 1.165) is 24.8 Å². The Labute approximate surface area is 144 Å². The first-order valence-corrected chi connectivity index (χ1v) is 9.81. The molecule has 0 aliphatic carbocycles. The van der Waals surface area contributed by atoms with Gasteiger partial charge in [0.15, 0.2) is 0 Å². The lowest BCUT2D eigenvalue weighted by Gasteiger charge is -2.31. The van der Waals surface area contributed by atoms with E-state index in [-0.39, 0.29) is 0 Å². The number of hydrogen-bond acceptors (Lipinski definition) is 3. The fourth-order valence-corrected chi connectivity index (χ4v) is 4.81. The molecule has 5 heteroatoms. The molecule has 0 amide bonds. The Morgan fingerprint density at radius 2 is 1.75 bits per heavy atom. The van der Waals surface area contributed by atoms with Crippen molar-refractivity contribution in [3.05, 3.63) is 59.7 Å². The van der Waals surface area contributed by atoms with Gasteiger partial charge in [-0.25, -0.2) is 8.42 Å². The van der Waals surface area contributed by atoms with Crippen LogP contribution in [0.1, 0.15) is 24.0 Å². The van der Waals surface area contributed by atoms with Crippen LogP contribution in [0.5, 0.6) is 0 Å². The van der Waals surface area contributed by atoms with Crippen molar-refractivity contribution in [2.24, 2.45) is 5.92 Å². The molecule has 2 aromatic carbocycles. The molecule has 2 N–H and O–H groups in total. The molecule has 0 radical (unpaired) electrons. The van der Waals surface area contributed by atoms with E-state index in [2.05, 4.69) is 24.3 Å². The predicted molar refractivity (Wildman–Crippen MR) is 97.2 cm³/mol. The van der Waals surface area contributed by atoms with Gasteiger partial charge in [-0.15, -0.1) is 0 Å². The number of rotatable bonds is 4. The number of nitrogens with two attached hydrogens (primary N) is 1. The number of nitrogen functional groups attached to an aromatic ring is 1. The summed E-state index contributed by atoms with van der Waals surface area (Å²) in [7, 11) is -3.42. The van der Waals surface area contributed by atoms with Gasteiger partial charge in [0.25, 0.3) is 0 Å². The summed E-state index contributed by atoms with van der Waals surface area (Å²) in [5.41, 5.74) is 8.54. The highest BCUT2D eigenvalue weighted by Gasteiger charge is 2.29. The third-order valence-corrected chi connectivity index (χ3v) is 6.71. The molecule has 0 spiro atoms. The molecule has 0 saturated carbocycles. The number of anilines is 1. The number of hydrogen-bond donors (Lipinski definition) is 1. The second-order valence-electron chi connectivity index (χ2n) is 6.56. The van der Waals surface area contributed by atoms with E-state index in [1.54, 1.807) is 22.5 Å². The maximum absolute atomic E-state index is 12.8. The number of piperidine rings is 1. The minimum absolute atomic E-state index is 0.343. The van der Waals surface area contributed by atoms with Gasteiger partial charge in [0.2, 0.25) is 10.0 Å². The molecule has 1 aliphatic heterocycles. The lowest BCUT2D eigenvalue weighted by atomic mass is 9.91. The average molecular weight is 344 g/mol. The molecule has 1 saturated heterocycles. The van der Waals surface area contributed by atoms with Crippen molar-refractivity contribution in [2.75, 3.05) is 18.8 Å². The Morgan fingerprint density at radius 1 is 1.08 bits per heavy atom. The summed E-state index contributed by atoms with van der Waals surface area (Å²) in [6.45, 7) is 3.01. The summed E-state index contributed by atoms with van der Waals surface area (Å²) in [6.07, 6.45) is 2.83. The highest BCUT2D eigenvalue weighted by atomic mass is 32.2. The van der Waals surface area contributed by atoms with Crippen molar-refractivity contribution in [1.82, 2.24) is 4.31 Å². The molecule has 3 rings (SSSR count). The Morgan fingerprint density at radius 3 is 2.38 bits per heavy atom. The molecule has 128 valence electrons. The van der Waals surface area contributed by atoms with E-state index in [1.807, 2.05) is 13.0 Å². The molecule has 0 unspecified atom stereocenters. The monoisotopic (exact) mass is 344 g/mol. The zero-order valence-corrected chi connectivity index (χ0v) is 14.8. The summed E-state index contributed by atoms with van der Waals surface area (Å²) in [4.78, 5) is 0.343. The first kappa shape index (κ1) is 17.0. The highest BCUT2D eigenvalue weighted by molar-refractivity contribution is 7.89. The molecule has 24 heavy (non-hydrogen) atoms. The standard InChI is InChI=1S/C19H24N2O2S/c1-15-13-18(7-8-19(15)20)24(22,23)21-11-9-17(10-12-21)14-16-5-3-2-4-6-16/h2-8,13,17H,9-12,14,20H2,1H3. The van der Waals surface area contributed by atoms with Crippen LogP contribution in [-0.2, 0) is 16.4 Å². The van der Waals surface area contributed by atoms with Gasteiger partial charge in [0, 0.05) is 18.8 Å². The van der Waals surface area contributed by atoms with Gasteiger partial charge in [-0.3, -0.25) is 0 Å². The van der Waals surface area contributed by atoms with Crippen LogP contribution in [0.25, 0.3) is 0 Å². The van der Waals surface area contributed by atoms with Crippen LogP contribution in [0.4, 0.5) is 5.69 Å². The van der Waals surface area contributed by atoms with Gasteiger partial charge in [0.05, 0.1) is 4.90 Å². The molecule has 0 atom stereocenters. The van der Waals surface area contributed by atoms with Gasteiger partial charge >= 0.3 is 0 Å². The first-order chi connectivity index (χ1) is 11.5. The molecule has 0 bridgehead atoms. The largest absolute Gasteiger partial charge is 0.399 e. The zero-order chi connectivity index (χ0) is 17.2. The number of aryl methyl sites for hydroxylation is 1. The van der Waals surface area contributed by atoms with Gasteiger partial charge in [0.1, 0.15) is 0 Å². The van der Waals surface area contributed by atoms with Crippen molar-refractivity contribution < 1.29 is 8.42 Å². The summed E-state index contributed by atoms with van der Waals surface area (Å²) in [5, 5.41) is 0. The molecule has 4 nitrogen and oxygen atoms in total. The molecular formula is C19H24N2O2S. The fraction of sp³-hybridized carbons (Fsp3) is 0.368. The van der Waals surface area contributed by atoms with Crippen molar-refractivity contribution in [3.63, 3.8) is 0 Å². The fourth-order valence-electron chi connectivity index (χ4n) is 3.26. The minimum Gasteiger partial charge on any atom is -0.399 e. The van der Waals surface area contributed by atoms with E-state index in [0.29, 0.717) is 29.6 Å². The molecule has 2 aromatic rings. The van der Waals surface area contributed by atoms with Crippen molar-refractivity contribution >= 4 is 15.7 Å². The SMILES string of the molecule is Cc1cc(S(=O)(=O)N2CCC(Cc3ccccc3)CC2)ccc1N. The third-order valence-electron chi connectivity index (χ3n) is 4.82. The summed E-state index contributed by atoms with van der Waals surface area (Å²) >= 11 is 0. The summed E-state index contributed by atoms with van der Waals surface area (Å²) in [5.74, 6) is 0.548. The maximum atomic E-state index is 12.8. The third kappa shape index (κ3) is 3.62. The van der Waals surface area contributed by atoms with Crippen LogP contribution in [0.3, 0.4) is 0 Å². The van der Waals surface area contributed by atoms with E-state index >= 15 is 0 Å². The van der Waals surface area contributed by atoms with Crippen LogP contribution >= 0.6 is 0 Å². The minimum atomic E-state index is -3.42. The summed E-state index contributed by atoms with van der Waals surface area (Å²) < 4.78 is 27.2. The number of sulfonamides is 1. The van der Waals surface area contributed by atoms with Gasteiger partial charge in [-0.2, -0.15) is 4.31 Å². The molecule has 1 aliphatic rings. The van der Waals surface area contributed by atoms with E-state index < -0.39 is 10.0 Å². The Bertz CT molecular complexity index is 795. The van der Waals surface area contributed by atoms with Crippen LogP contribution in [0.2, 0.25) is 0 Å². The van der Waals surface area contributed by atoms with Gasteiger partial charge in [-0.1, -0.05) is 30.3 Å². The van der Waals surface area contributed by atoms with E-state index in [4.69, 9.17) is 5.73 Å². The molecule has 0 aromatic heterocycles. The lowest BCUT2D eigenvalue weighted by molar-refractivity contribution is 0.273. The van der Waals surface area contributed by atoms with E-state index in [1.165, 1.54) is 5.56 Å². The van der Waals surface area contributed by atoms with Crippen LogP contribution < -0.4 is 5.73 Å². The molecule has 1 heterocycles.